The number of benzene rings is 2. The third kappa shape index (κ3) is 3.33. The zero-order valence-corrected chi connectivity index (χ0v) is 15.1. The van der Waals surface area contributed by atoms with E-state index in [0.29, 0.717) is 17.0 Å². The van der Waals surface area contributed by atoms with Gasteiger partial charge in [-0.3, -0.25) is 4.79 Å². The van der Waals surface area contributed by atoms with Crippen LogP contribution in [0, 0.1) is 9.39 Å². The van der Waals surface area contributed by atoms with Gasteiger partial charge in [-0.05, 0) is 40.8 Å². The van der Waals surface area contributed by atoms with Crippen LogP contribution in [0.2, 0.25) is 0 Å². The molecule has 0 aliphatic carbocycles. The highest BCUT2D eigenvalue weighted by Gasteiger charge is 2.24. The Morgan fingerprint density at radius 3 is 2.58 bits per heavy atom. The number of hydrogen-bond acceptors (Lipinski definition) is 2. The van der Waals surface area contributed by atoms with E-state index < -0.39 is 6.04 Å². The molecule has 0 radical (unpaired) electrons. The van der Waals surface area contributed by atoms with Crippen LogP contribution in [0.3, 0.4) is 0 Å². The van der Waals surface area contributed by atoms with E-state index in [-0.39, 0.29) is 11.7 Å². The average molecular weight is 435 g/mol. The van der Waals surface area contributed by atoms with Crippen molar-refractivity contribution in [1.82, 2.24) is 14.9 Å². The number of aryl methyl sites for hydroxylation is 1. The molecule has 0 fully saturated rings. The standard InChI is InChI=1S/C18H15FIN3O/c1-23-11-10-21-17(23)16(12-6-2-4-8-14(12)19)22-18(24)13-7-3-5-9-15(13)20/h2-11,16H,1H3,(H,22,24)/t16-/m0/s1. The van der Waals surface area contributed by atoms with E-state index in [2.05, 4.69) is 32.9 Å². The number of halogens is 2. The molecule has 1 amide bonds. The second kappa shape index (κ2) is 7.12. The number of aromatic nitrogens is 2. The summed E-state index contributed by atoms with van der Waals surface area (Å²) in [5, 5.41) is 2.91. The number of hydrogen-bond donors (Lipinski definition) is 1. The molecule has 0 saturated carbocycles. The first-order chi connectivity index (χ1) is 11.6. The van der Waals surface area contributed by atoms with Crippen LogP contribution in [0.4, 0.5) is 4.39 Å². The van der Waals surface area contributed by atoms with E-state index in [1.165, 1.54) is 6.07 Å². The summed E-state index contributed by atoms with van der Waals surface area (Å²) in [6, 6.07) is 13.0. The SMILES string of the molecule is Cn1ccnc1[C@@H](NC(=O)c1ccccc1I)c1ccccc1F. The molecule has 0 unspecified atom stereocenters. The molecular weight excluding hydrogens is 420 g/mol. The third-order valence-electron chi connectivity index (χ3n) is 3.73. The van der Waals surface area contributed by atoms with Crippen molar-refractivity contribution in [3.05, 3.63) is 87.3 Å². The number of rotatable bonds is 4. The maximum Gasteiger partial charge on any atom is 0.253 e. The lowest BCUT2D eigenvalue weighted by Gasteiger charge is -2.20. The summed E-state index contributed by atoms with van der Waals surface area (Å²) < 4.78 is 16.9. The van der Waals surface area contributed by atoms with Crippen molar-refractivity contribution in [1.29, 1.82) is 0 Å². The molecule has 1 atom stereocenters. The normalized spacial score (nSPS) is 12.0. The minimum atomic E-state index is -0.672. The minimum Gasteiger partial charge on any atom is -0.338 e. The van der Waals surface area contributed by atoms with E-state index in [1.54, 1.807) is 47.3 Å². The first kappa shape index (κ1) is 16.6. The summed E-state index contributed by atoms with van der Waals surface area (Å²) in [5.74, 6) is -0.0794. The van der Waals surface area contributed by atoms with Crippen molar-refractivity contribution in [2.24, 2.45) is 7.05 Å². The van der Waals surface area contributed by atoms with Crippen LogP contribution in [-0.4, -0.2) is 15.5 Å². The Balaban J connectivity index is 2.00. The van der Waals surface area contributed by atoms with Gasteiger partial charge in [-0.25, -0.2) is 9.37 Å². The van der Waals surface area contributed by atoms with Crippen LogP contribution in [0.15, 0.2) is 60.9 Å². The second-order valence-electron chi connectivity index (χ2n) is 5.30. The van der Waals surface area contributed by atoms with E-state index in [0.717, 1.165) is 3.57 Å². The van der Waals surface area contributed by atoms with Gasteiger partial charge in [-0.1, -0.05) is 30.3 Å². The van der Waals surface area contributed by atoms with Crippen molar-refractivity contribution in [3.8, 4) is 0 Å². The van der Waals surface area contributed by atoms with Crippen LogP contribution in [0.5, 0.6) is 0 Å². The van der Waals surface area contributed by atoms with Gasteiger partial charge in [-0.2, -0.15) is 0 Å². The predicted molar refractivity (Wildman–Crippen MR) is 98.1 cm³/mol. The van der Waals surface area contributed by atoms with Gasteiger partial charge in [0.1, 0.15) is 17.7 Å². The molecule has 0 bridgehead atoms. The van der Waals surface area contributed by atoms with Crippen LogP contribution in [0.25, 0.3) is 0 Å². The first-order valence-electron chi connectivity index (χ1n) is 7.35. The van der Waals surface area contributed by atoms with Crippen LogP contribution < -0.4 is 5.32 Å². The first-order valence-corrected chi connectivity index (χ1v) is 8.43. The highest BCUT2D eigenvalue weighted by atomic mass is 127. The smallest absolute Gasteiger partial charge is 0.253 e. The molecule has 122 valence electrons. The number of nitrogens with zero attached hydrogens (tertiary/aromatic N) is 2. The van der Waals surface area contributed by atoms with E-state index in [1.807, 2.05) is 19.2 Å². The Morgan fingerprint density at radius 1 is 1.21 bits per heavy atom. The summed E-state index contributed by atoms with van der Waals surface area (Å²) in [4.78, 5) is 17.0. The van der Waals surface area contributed by atoms with Gasteiger partial charge in [0, 0.05) is 28.6 Å². The molecular formula is C18H15FIN3O. The summed E-state index contributed by atoms with van der Waals surface area (Å²) in [6.45, 7) is 0. The topological polar surface area (TPSA) is 46.9 Å². The van der Waals surface area contributed by atoms with Gasteiger partial charge in [0.25, 0.3) is 5.91 Å². The number of imidazole rings is 1. The zero-order valence-electron chi connectivity index (χ0n) is 12.9. The number of carbonyl (C=O) groups is 1. The zero-order chi connectivity index (χ0) is 17.1. The molecule has 0 saturated heterocycles. The van der Waals surface area contributed by atoms with Crippen LogP contribution in [0.1, 0.15) is 27.8 Å². The Bertz CT molecular complexity index is 878. The van der Waals surface area contributed by atoms with Gasteiger partial charge in [0.2, 0.25) is 0 Å². The van der Waals surface area contributed by atoms with E-state index >= 15 is 0 Å². The van der Waals surface area contributed by atoms with Crippen molar-refractivity contribution >= 4 is 28.5 Å². The fourth-order valence-corrected chi connectivity index (χ4v) is 3.13. The third-order valence-corrected chi connectivity index (χ3v) is 4.67. The highest BCUT2D eigenvalue weighted by molar-refractivity contribution is 14.1. The number of carbonyl (C=O) groups excluding carboxylic acids is 1. The van der Waals surface area contributed by atoms with Crippen molar-refractivity contribution in [2.45, 2.75) is 6.04 Å². The number of nitrogens with one attached hydrogen (secondary N) is 1. The summed E-state index contributed by atoms with van der Waals surface area (Å²) in [6.07, 6.45) is 3.39. The van der Waals surface area contributed by atoms with Crippen molar-refractivity contribution in [3.63, 3.8) is 0 Å². The van der Waals surface area contributed by atoms with Crippen LogP contribution >= 0.6 is 22.6 Å². The molecule has 1 heterocycles. The Hall–Kier alpha value is -2.22. The summed E-state index contributed by atoms with van der Waals surface area (Å²) >= 11 is 2.11. The molecule has 3 rings (SSSR count). The van der Waals surface area contributed by atoms with E-state index in [4.69, 9.17) is 0 Å². The molecule has 0 aliphatic heterocycles. The van der Waals surface area contributed by atoms with Gasteiger partial charge in [-0.15, -0.1) is 0 Å². The lowest BCUT2D eigenvalue weighted by atomic mass is 10.0. The fourth-order valence-electron chi connectivity index (χ4n) is 2.50. The molecule has 24 heavy (non-hydrogen) atoms. The molecule has 2 aromatic carbocycles. The van der Waals surface area contributed by atoms with Gasteiger partial charge >= 0.3 is 0 Å². The lowest BCUT2D eigenvalue weighted by Crippen LogP contribution is -2.32. The highest BCUT2D eigenvalue weighted by Crippen LogP contribution is 2.24. The van der Waals surface area contributed by atoms with Gasteiger partial charge < -0.3 is 9.88 Å². The molecule has 3 aromatic rings. The molecule has 6 heteroatoms. The summed E-state index contributed by atoms with van der Waals surface area (Å²) in [5.41, 5.74) is 0.930. The maximum atomic E-state index is 14.3. The Labute approximate surface area is 152 Å². The Morgan fingerprint density at radius 2 is 1.92 bits per heavy atom. The van der Waals surface area contributed by atoms with Gasteiger partial charge in [0.15, 0.2) is 0 Å². The molecule has 1 aromatic heterocycles. The van der Waals surface area contributed by atoms with Gasteiger partial charge in [0.05, 0.1) is 5.56 Å². The quantitative estimate of drug-likeness (QED) is 0.636. The largest absolute Gasteiger partial charge is 0.338 e. The second-order valence-corrected chi connectivity index (χ2v) is 6.47. The lowest BCUT2D eigenvalue weighted by molar-refractivity contribution is 0.0939. The van der Waals surface area contributed by atoms with Crippen molar-refractivity contribution < 1.29 is 9.18 Å². The minimum absolute atomic E-state index is 0.267. The predicted octanol–water partition coefficient (Wildman–Crippen LogP) is 3.68. The van der Waals surface area contributed by atoms with Crippen LogP contribution in [-0.2, 0) is 7.05 Å². The maximum absolute atomic E-state index is 14.3. The average Bonchev–Trinajstić information content (AvgIpc) is 2.99. The van der Waals surface area contributed by atoms with E-state index in [9.17, 15) is 9.18 Å². The molecule has 0 spiro atoms. The number of amides is 1. The monoisotopic (exact) mass is 435 g/mol. The summed E-state index contributed by atoms with van der Waals surface area (Å²) in [7, 11) is 1.81. The van der Waals surface area contributed by atoms with Crippen molar-refractivity contribution in [2.75, 3.05) is 0 Å². The molecule has 4 nitrogen and oxygen atoms in total. The fraction of sp³-hybridized carbons (Fsp3) is 0.111. The molecule has 1 N–H and O–H groups in total. The Kier molecular flexibility index (Phi) is 4.94. The molecule has 0 aliphatic rings.